The molecule has 0 saturated heterocycles. The van der Waals surface area contributed by atoms with Gasteiger partial charge in [-0.3, -0.25) is 4.79 Å². The van der Waals surface area contributed by atoms with Gasteiger partial charge in [-0.25, -0.2) is 0 Å². The number of nitrogens with one attached hydrogen (secondary N) is 2. The van der Waals surface area contributed by atoms with E-state index in [2.05, 4.69) is 32.3 Å². The predicted octanol–water partition coefficient (Wildman–Crippen LogP) is 3.40. The van der Waals surface area contributed by atoms with Gasteiger partial charge in [0.25, 0.3) is 5.91 Å². The number of aliphatic hydroxyl groups excluding tert-OH is 1. The Labute approximate surface area is 142 Å². The van der Waals surface area contributed by atoms with Crippen LogP contribution in [0.5, 0.6) is 0 Å². The van der Waals surface area contributed by atoms with Gasteiger partial charge >= 0.3 is 0 Å². The number of benzene rings is 2. The quantitative estimate of drug-likeness (QED) is 0.642. The molecule has 0 aliphatic carbocycles. The van der Waals surface area contributed by atoms with Crippen molar-refractivity contribution in [3.63, 3.8) is 0 Å². The summed E-state index contributed by atoms with van der Waals surface area (Å²) in [7, 11) is 0. The summed E-state index contributed by atoms with van der Waals surface area (Å²) in [6.07, 6.45) is 2.73. The van der Waals surface area contributed by atoms with Crippen LogP contribution in [0.25, 0.3) is 10.9 Å². The van der Waals surface area contributed by atoms with E-state index >= 15 is 0 Å². The van der Waals surface area contributed by atoms with Gasteiger partial charge in [0.1, 0.15) is 0 Å². The normalized spacial score (nSPS) is 10.9. The van der Waals surface area contributed by atoms with Gasteiger partial charge in [0.2, 0.25) is 0 Å². The van der Waals surface area contributed by atoms with Crippen LogP contribution in [0.4, 0.5) is 0 Å². The van der Waals surface area contributed by atoms with Crippen LogP contribution in [-0.4, -0.2) is 22.5 Å². The molecule has 0 aliphatic heterocycles. The van der Waals surface area contributed by atoms with E-state index < -0.39 is 0 Å². The molecule has 1 amide bonds. The molecule has 0 bridgehead atoms. The van der Waals surface area contributed by atoms with Crippen LogP contribution in [0.15, 0.2) is 53.1 Å². The molecule has 0 atom stereocenters. The number of halogens is 1. The first kappa shape index (κ1) is 15.8. The number of rotatable bonds is 5. The Balaban J connectivity index is 1.64. The highest BCUT2D eigenvalue weighted by Gasteiger charge is 2.07. The molecule has 1 heterocycles. The molecule has 118 valence electrons. The van der Waals surface area contributed by atoms with Gasteiger partial charge in [-0.05, 0) is 47.9 Å². The Hall–Kier alpha value is -2.11. The lowest BCUT2D eigenvalue weighted by Crippen LogP contribution is -2.25. The summed E-state index contributed by atoms with van der Waals surface area (Å²) in [5, 5.41) is 13.2. The smallest absolute Gasteiger partial charge is 0.251 e. The van der Waals surface area contributed by atoms with E-state index in [0.29, 0.717) is 12.1 Å². The number of hydrogen-bond donors (Lipinski definition) is 3. The summed E-state index contributed by atoms with van der Waals surface area (Å²) in [6.45, 7) is 0.493. The van der Waals surface area contributed by atoms with Gasteiger partial charge in [-0.2, -0.15) is 0 Å². The molecule has 3 N–H and O–H groups in total. The average Bonchev–Trinajstić information content (AvgIpc) is 2.97. The zero-order valence-electron chi connectivity index (χ0n) is 12.5. The van der Waals surface area contributed by atoms with Gasteiger partial charge in [-0.15, -0.1) is 0 Å². The van der Waals surface area contributed by atoms with Crippen LogP contribution in [-0.2, 0) is 13.0 Å². The summed E-state index contributed by atoms with van der Waals surface area (Å²) in [4.78, 5) is 15.4. The first-order valence-electron chi connectivity index (χ1n) is 7.41. The van der Waals surface area contributed by atoms with Crippen LogP contribution in [0.1, 0.15) is 21.5 Å². The van der Waals surface area contributed by atoms with Crippen molar-refractivity contribution in [2.24, 2.45) is 0 Å². The Morgan fingerprint density at radius 3 is 2.91 bits per heavy atom. The van der Waals surface area contributed by atoms with Gasteiger partial charge in [-0.1, -0.05) is 28.1 Å². The molecule has 1 aromatic heterocycles. The number of amides is 1. The predicted molar refractivity (Wildman–Crippen MR) is 94.4 cm³/mol. The van der Waals surface area contributed by atoms with Crippen molar-refractivity contribution >= 4 is 32.7 Å². The number of fused-ring (bicyclic) bond motifs is 1. The number of carbonyl (C=O) groups is 1. The second-order valence-corrected chi connectivity index (χ2v) is 6.28. The van der Waals surface area contributed by atoms with Crippen molar-refractivity contribution in [2.45, 2.75) is 13.0 Å². The van der Waals surface area contributed by atoms with E-state index in [0.717, 1.165) is 27.4 Å². The average molecular weight is 373 g/mol. The Morgan fingerprint density at radius 1 is 1.22 bits per heavy atom. The third-order valence-corrected chi connectivity index (χ3v) is 4.27. The first-order chi connectivity index (χ1) is 11.2. The second kappa shape index (κ2) is 6.98. The highest BCUT2D eigenvalue weighted by molar-refractivity contribution is 9.10. The number of hydrogen-bond acceptors (Lipinski definition) is 2. The van der Waals surface area contributed by atoms with Crippen LogP contribution >= 0.6 is 15.9 Å². The van der Waals surface area contributed by atoms with Crippen LogP contribution in [0.2, 0.25) is 0 Å². The lowest BCUT2D eigenvalue weighted by molar-refractivity contribution is 0.0954. The largest absolute Gasteiger partial charge is 0.392 e. The zero-order valence-corrected chi connectivity index (χ0v) is 14.1. The van der Waals surface area contributed by atoms with E-state index in [1.807, 2.05) is 18.3 Å². The molecule has 4 nitrogen and oxygen atoms in total. The molecule has 0 aliphatic rings. The summed E-state index contributed by atoms with van der Waals surface area (Å²) in [5.74, 6) is -0.124. The number of carbonyl (C=O) groups excluding carboxylic acids is 1. The molecule has 23 heavy (non-hydrogen) atoms. The maximum Gasteiger partial charge on any atom is 0.251 e. The maximum atomic E-state index is 12.2. The minimum atomic E-state index is -0.124. The van der Waals surface area contributed by atoms with Gasteiger partial charge in [0, 0.05) is 33.7 Å². The van der Waals surface area contributed by atoms with Gasteiger partial charge in [0.15, 0.2) is 0 Å². The minimum Gasteiger partial charge on any atom is -0.392 e. The Morgan fingerprint density at radius 2 is 2.09 bits per heavy atom. The Kier molecular flexibility index (Phi) is 4.79. The molecule has 0 radical (unpaired) electrons. The summed E-state index contributed by atoms with van der Waals surface area (Å²) in [6, 6.07) is 13.1. The van der Waals surface area contributed by atoms with E-state index in [1.165, 1.54) is 5.56 Å². The fourth-order valence-electron chi connectivity index (χ4n) is 2.58. The molecule has 0 saturated carbocycles. The molecule has 5 heteroatoms. The molecule has 0 unspecified atom stereocenters. The van der Waals surface area contributed by atoms with Gasteiger partial charge in [0.05, 0.1) is 6.61 Å². The molecule has 3 rings (SSSR count). The third-order valence-electron chi connectivity index (χ3n) is 3.78. The standard InChI is InChI=1S/C18H17BrN2O2/c19-15-4-5-17-16(9-15)14(10-21-17)6-7-20-18(23)13-3-1-2-12(8-13)11-22/h1-5,8-10,21-22H,6-7,11H2,(H,20,23). The number of aromatic amines is 1. The highest BCUT2D eigenvalue weighted by atomic mass is 79.9. The Bertz CT molecular complexity index is 842. The van der Waals surface area contributed by atoms with Crippen LogP contribution in [0, 0.1) is 0 Å². The molecular formula is C18H17BrN2O2. The zero-order chi connectivity index (χ0) is 16.2. The van der Waals surface area contributed by atoms with E-state index in [9.17, 15) is 4.79 Å². The van der Waals surface area contributed by atoms with E-state index in [-0.39, 0.29) is 12.5 Å². The SMILES string of the molecule is O=C(NCCc1c[nH]c2ccc(Br)cc12)c1cccc(CO)c1. The summed E-state index contributed by atoms with van der Waals surface area (Å²) in [5.41, 5.74) is 3.56. The number of aliphatic hydroxyl groups is 1. The van der Waals surface area contributed by atoms with Crippen molar-refractivity contribution in [2.75, 3.05) is 6.54 Å². The third kappa shape index (κ3) is 3.63. The van der Waals surface area contributed by atoms with Crippen LogP contribution < -0.4 is 5.32 Å². The second-order valence-electron chi connectivity index (χ2n) is 5.37. The number of aromatic nitrogens is 1. The number of H-pyrrole nitrogens is 1. The summed E-state index contributed by atoms with van der Waals surface area (Å²) >= 11 is 3.48. The van der Waals surface area contributed by atoms with Crippen molar-refractivity contribution < 1.29 is 9.90 Å². The van der Waals surface area contributed by atoms with E-state index in [4.69, 9.17) is 5.11 Å². The lowest BCUT2D eigenvalue weighted by Gasteiger charge is -2.06. The molecule has 3 aromatic rings. The lowest BCUT2D eigenvalue weighted by atomic mass is 10.1. The van der Waals surface area contributed by atoms with Gasteiger partial charge < -0.3 is 15.4 Å². The van der Waals surface area contributed by atoms with Crippen molar-refractivity contribution in [3.8, 4) is 0 Å². The minimum absolute atomic E-state index is 0.0641. The van der Waals surface area contributed by atoms with Crippen molar-refractivity contribution in [3.05, 3.63) is 69.8 Å². The first-order valence-corrected chi connectivity index (χ1v) is 8.20. The van der Waals surface area contributed by atoms with Crippen molar-refractivity contribution in [1.29, 1.82) is 0 Å². The molecule has 2 aromatic carbocycles. The molecular weight excluding hydrogens is 356 g/mol. The maximum absolute atomic E-state index is 12.2. The molecule has 0 fully saturated rings. The molecule has 0 spiro atoms. The fourth-order valence-corrected chi connectivity index (χ4v) is 2.94. The van der Waals surface area contributed by atoms with E-state index in [1.54, 1.807) is 24.3 Å². The highest BCUT2D eigenvalue weighted by Crippen LogP contribution is 2.22. The van der Waals surface area contributed by atoms with Crippen LogP contribution in [0.3, 0.4) is 0 Å². The monoisotopic (exact) mass is 372 g/mol. The fraction of sp³-hybridized carbons (Fsp3) is 0.167. The summed E-state index contributed by atoms with van der Waals surface area (Å²) < 4.78 is 1.04. The van der Waals surface area contributed by atoms with Crippen molar-refractivity contribution in [1.82, 2.24) is 10.3 Å². The topological polar surface area (TPSA) is 65.1 Å².